The van der Waals surface area contributed by atoms with Crippen molar-refractivity contribution in [3.63, 3.8) is 0 Å². The molecule has 0 fully saturated rings. The molecule has 5 nitrogen and oxygen atoms in total. The summed E-state index contributed by atoms with van der Waals surface area (Å²) in [6.45, 7) is 1.41. The first kappa shape index (κ1) is 11.1. The second kappa shape index (κ2) is 4.21. The number of fused-ring (bicyclic) bond motifs is 1. The molecule has 0 saturated heterocycles. The first-order valence-corrected chi connectivity index (χ1v) is 5.02. The molecule has 1 N–H and O–H groups in total. The Balaban J connectivity index is 2.56. The van der Waals surface area contributed by atoms with Crippen LogP contribution in [0.4, 0.5) is 11.4 Å². The van der Waals surface area contributed by atoms with Crippen LogP contribution >= 0.6 is 0 Å². The topological polar surface area (TPSA) is 72.2 Å². The van der Waals surface area contributed by atoms with E-state index in [0.717, 1.165) is 5.39 Å². The maximum absolute atomic E-state index is 10.9. The van der Waals surface area contributed by atoms with Gasteiger partial charge in [-0.1, -0.05) is 12.1 Å². The molecule has 0 unspecified atom stereocenters. The van der Waals surface area contributed by atoms with E-state index in [-0.39, 0.29) is 11.6 Å². The number of nitrogens with zero attached hydrogens (tertiary/aromatic N) is 1. The minimum absolute atomic E-state index is 0.0666. The normalized spacial score (nSPS) is 10.2. The van der Waals surface area contributed by atoms with Gasteiger partial charge in [0.2, 0.25) is 5.91 Å². The summed E-state index contributed by atoms with van der Waals surface area (Å²) in [6, 6.07) is 9.85. The molecule has 0 spiro atoms. The van der Waals surface area contributed by atoms with Crippen LogP contribution in [-0.2, 0) is 4.79 Å². The van der Waals surface area contributed by atoms with Gasteiger partial charge in [0.15, 0.2) is 0 Å². The van der Waals surface area contributed by atoms with Crippen molar-refractivity contribution in [2.75, 3.05) is 5.32 Å². The highest BCUT2D eigenvalue weighted by molar-refractivity contribution is 5.96. The minimum Gasteiger partial charge on any atom is -0.326 e. The average Bonchev–Trinajstić information content (AvgIpc) is 2.26. The summed E-state index contributed by atoms with van der Waals surface area (Å²) in [5.74, 6) is -0.171. The van der Waals surface area contributed by atoms with E-state index in [9.17, 15) is 14.9 Å². The van der Waals surface area contributed by atoms with Gasteiger partial charge < -0.3 is 5.32 Å². The molecule has 5 heteroatoms. The fraction of sp³-hybridized carbons (Fsp3) is 0.0833. The van der Waals surface area contributed by atoms with Crippen molar-refractivity contribution in [2.24, 2.45) is 0 Å². The summed E-state index contributed by atoms with van der Waals surface area (Å²) in [5, 5.41) is 14.7. The third kappa shape index (κ3) is 2.23. The van der Waals surface area contributed by atoms with Crippen molar-refractivity contribution in [1.29, 1.82) is 0 Å². The Morgan fingerprint density at radius 1 is 1.29 bits per heavy atom. The second-order valence-corrected chi connectivity index (χ2v) is 3.65. The lowest BCUT2D eigenvalue weighted by atomic mass is 10.1. The van der Waals surface area contributed by atoms with E-state index in [1.165, 1.54) is 13.0 Å². The Morgan fingerprint density at radius 2 is 2.06 bits per heavy atom. The Kier molecular flexibility index (Phi) is 2.74. The van der Waals surface area contributed by atoms with Crippen molar-refractivity contribution < 1.29 is 9.72 Å². The minimum atomic E-state index is -0.416. The molecule has 2 rings (SSSR count). The number of rotatable bonds is 2. The van der Waals surface area contributed by atoms with Crippen LogP contribution in [0.2, 0.25) is 0 Å². The molecular formula is C12H10N2O3. The summed E-state index contributed by atoms with van der Waals surface area (Å²) >= 11 is 0. The first-order chi connectivity index (χ1) is 8.08. The van der Waals surface area contributed by atoms with E-state index in [0.29, 0.717) is 11.1 Å². The molecule has 1 amide bonds. The quantitative estimate of drug-likeness (QED) is 0.636. The van der Waals surface area contributed by atoms with Crippen molar-refractivity contribution in [3.8, 4) is 0 Å². The van der Waals surface area contributed by atoms with Gasteiger partial charge in [-0.25, -0.2) is 0 Å². The third-order valence-electron chi connectivity index (χ3n) is 2.37. The number of nitro groups is 1. The standard InChI is InChI=1S/C12H10N2O3/c1-8(15)13-10-5-6-11-9(7-10)3-2-4-12(11)14(16)17/h2-7H,1H3,(H,13,15). The van der Waals surface area contributed by atoms with Crippen LogP contribution in [0.25, 0.3) is 10.8 Å². The van der Waals surface area contributed by atoms with Gasteiger partial charge in [0.1, 0.15) is 0 Å². The van der Waals surface area contributed by atoms with Crippen LogP contribution in [0, 0.1) is 10.1 Å². The van der Waals surface area contributed by atoms with Gasteiger partial charge in [0.25, 0.3) is 5.69 Å². The Morgan fingerprint density at radius 3 is 2.71 bits per heavy atom. The van der Waals surface area contributed by atoms with Gasteiger partial charge in [-0.15, -0.1) is 0 Å². The highest BCUT2D eigenvalue weighted by Crippen LogP contribution is 2.27. The molecule has 0 atom stereocenters. The molecule has 2 aromatic rings. The SMILES string of the molecule is CC(=O)Nc1ccc2c([N+](=O)[O-])cccc2c1. The number of nitro benzene ring substituents is 1. The molecule has 17 heavy (non-hydrogen) atoms. The van der Waals surface area contributed by atoms with Crippen LogP contribution in [-0.4, -0.2) is 10.8 Å². The lowest BCUT2D eigenvalue weighted by Crippen LogP contribution is -2.05. The number of hydrogen-bond acceptors (Lipinski definition) is 3. The lowest BCUT2D eigenvalue weighted by Gasteiger charge is -2.04. The molecule has 86 valence electrons. The van der Waals surface area contributed by atoms with E-state index < -0.39 is 4.92 Å². The summed E-state index contributed by atoms with van der Waals surface area (Å²) in [7, 11) is 0. The van der Waals surface area contributed by atoms with Gasteiger partial charge in [0, 0.05) is 18.7 Å². The maximum Gasteiger partial charge on any atom is 0.277 e. The molecule has 0 heterocycles. The zero-order valence-electron chi connectivity index (χ0n) is 9.14. The summed E-state index contributed by atoms with van der Waals surface area (Å²) in [5.41, 5.74) is 0.697. The number of nitrogens with one attached hydrogen (secondary N) is 1. The first-order valence-electron chi connectivity index (χ1n) is 5.02. The zero-order chi connectivity index (χ0) is 12.4. The third-order valence-corrected chi connectivity index (χ3v) is 2.37. The summed E-state index contributed by atoms with van der Waals surface area (Å²) < 4.78 is 0. The number of non-ortho nitro benzene ring substituents is 1. The number of carbonyl (C=O) groups excluding carboxylic acids is 1. The van der Waals surface area contributed by atoms with Gasteiger partial charge in [0.05, 0.1) is 10.3 Å². The van der Waals surface area contributed by atoms with E-state index in [2.05, 4.69) is 5.32 Å². The molecule has 0 aromatic heterocycles. The van der Waals surface area contributed by atoms with E-state index >= 15 is 0 Å². The molecular weight excluding hydrogens is 220 g/mol. The fourth-order valence-electron chi connectivity index (χ4n) is 1.71. The Bertz CT molecular complexity index is 608. The van der Waals surface area contributed by atoms with E-state index in [1.807, 2.05) is 0 Å². The Hall–Kier alpha value is -2.43. The lowest BCUT2D eigenvalue weighted by molar-refractivity contribution is -0.383. The monoisotopic (exact) mass is 230 g/mol. The Labute approximate surface area is 97.2 Å². The highest BCUT2D eigenvalue weighted by atomic mass is 16.6. The van der Waals surface area contributed by atoms with Crippen LogP contribution in [0.5, 0.6) is 0 Å². The van der Waals surface area contributed by atoms with Crippen LogP contribution in [0.1, 0.15) is 6.92 Å². The van der Waals surface area contributed by atoms with Crippen LogP contribution in [0.3, 0.4) is 0 Å². The number of benzene rings is 2. The molecule has 0 bridgehead atoms. The van der Waals surface area contributed by atoms with E-state index in [4.69, 9.17) is 0 Å². The number of amides is 1. The summed E-state index contributed by atoms with van der Waals surface area (Å²) in [6.07, 6.45) is 0. The molecule has 0 aliphatic rings. The predicted octanol–water partition coefficient (Wildman–Crippen LogP) is 2.71. The molecule has 0 aliphatic carbocycles. The van der Waals surface area contributed by atoms with Crippen molar-refractivity contribution >= 4 is 28.1 Å². The molecule has 0 radical (unpaired) electrons. The highest BCUT2D eigenvalue weighted by Gasteiger charge is 2.10. The largest absolute Gasteiger partial charge is 0.326 e. The van der Waals surface area contributed by atoms with Crippen molar-refractivity contribution in [2.45, 2.75) is 6.92 Å². The summed E-state index contributed by atoms with van der Waals surface area (Å²) in [4.78, 5) is 21.3. The number of hydrogen-bond donors (Lipinski definition) is 1. The van der Waals surface area contributed by atoms with Gasteiger partial charge in [-0.2, -0.15) is 0 Å². The number of carbonyl (C=O) groups is 1. The van der Waals surface area contributed by atoms with Gasteiger partial charge in [-0.05, 0) is 23.6 Å². The zero-order valence-corrected chi connectivity index (χ0v) is 9.14. The van der Waals surface area contributed by atoms with Crippen LogP contribution in [0.15, 0.2) is 36.4 Å². The maximum atomic E-state index is 10.9. The van der Waals surface area contributed by atoms with Crippen LogP contribution < -0.4 is 5.32 Å². The number of anilines is 1. The van der Waals surface area contributed by atoms with Gasteiger partial charge >= 0.3 is 0 Å². The predicted molar refractivity (Wildman–Crippen MR) is 64.9 cm³/mol. The smallest absolute Gasteiger partial charge is 0.277 e. The molecule has 0 saturated carbocycles. The second-order valence-electron chi connectivity index (χ2n) is 3.65. The molecule has 2 aromatic carbocycles. The van der Waals surface area contributed by atoms with Crippen molar-refractivity contribution in [3.05, 3.63) is 46.5 Å². The fourth-order valence-corrected chi connectivity index (χ4v) is 1.71. The molecule has 0 aliphatic heterocycles. The van der Waals surface area contributed by atoms with Gasteiger partial charge in [-0.3, -0.25) is 14.9 Å². The van der Waals surface area contributed by atoms with E-state index in [1.54, 1.807) is 30.3 Å². The average molecular weight is 230 g/mol. The van der Waals surface area contributed by atoms with Crippen molar-refractivity contribution in [1.82, 2.24) is 0 Å².